The van der Waals surface area contributed by atoms with Gasteiger partial charge in [0.2, 0.25) is 0 Å². The highest BCUT2D eigenvalue weighted by Crippen LogP contribution is 2.11. The first-order chi connectivity index (χ1) is 7.78. The normalized spacial score (nSPS) is 22.2. The molecule has 0 radical (unpaired) electrons. The zero-order valence-electron chi connectivity index (χ0n) is 9.03. The summed E-state index contributed by atoms with van der Waals surface area (Å²) in [6.45, 7) is 3.31. The van der Waals surface area contributed by atoms with Gasteiger partial charge in [0, 0.05) is 25.5 Å². The van der Waals surface area contributed by atoms with Gasteiger partial charge in [-0.1, -0.05) is 12.1 Å². The molecule has 0 N–H and O–H groups in total. The van der Waals surface area contributed by atoms with Gasteiger partial charge in [0.05, 0.1) is 12.7 Å². The Hall–Kier alpha value is -0.640. The molecule has 4 heteroatoms. The van der Waals surface area contributed by atoms with E-state index in [9.17, 15) is 4.39 Å². The summed E-state index contributed by atoms with van der Waals surface area (Å²) in [4.78, 5) is 2.28. The molecular formula is C12H15ClFNO. The van der Waals surface area contributed by atoms with Crippen molar-refractivity contribution in [2.24, 2.45) is 0 Å². The largest absolute Gasteiger partial charge is 0.374 e. The molecule has 2 nitrogen and oxygen atoms in total. The topological polar surface area (TPSA) is 12.5 Å². The van der Waals surface area contributed by atoms with E-state index in [-0.39, 0.29) is 11.9 Å². The van der Waals surface area contributed by atoms with Crippen molar-refractivity contribution in [2.45, 2.75) is 12.6 Å². The summed E-state index contributed by atoms with van der Waals surface area (Å²) in [6.07, 6.45) is 0.121. The van der Waals surface area contributed by atoms with Crippen molar-refractivity contribution in [1.29, 1.82) is 0 Å². The lowest BCUT2D eigenvalue weighted by atomic mass is 10.2. The summed E-state index contributed by atoms with van der Waals surface area (Å²) in [7, 11) is 0. The molecule has 16 heavy (non-hydrogen) atoms. The predicted molar refractivity (Wildman–Crippen MR) is 62.1 cm³/mol. The first-order valence-corrected chi connectivity index (χ1v) is 5.96. The summed E-state index contributed by atoms with van der Waals surface area (Å²) in [5.41, 5.74) is 1.12. The summed E-state index contributed by atoms with van der Waals surface area (Å²) >= 11 is 5.77. The Balaban J connectivity index is 1.91. The average molecular weight is 244 g/mol. The number of ether oxygens (including phenoxy) is 1. The number of halogens is 2. The minimum atomic E-state index is -0.190. The molecule has 1 saturated heterocycles. The van der Waals surface area contributed by atoms with Gasteiger partial charge in [-0.05, 0) is 17.7 Å². The predicted octanol–water partition coefficient (Wildman–Crippen LogP) is 2.27. The highest BCUT2D eigenvalue weighted by Gasteiger charge is 2.19. The molecule has 1 aliphatic heterocycles. The second kappa shape index (κ2) is 5.62. The summed E-state index contributed by atoms with van der Waals surface area (Å²) in [6, 6.07) is 6.63. The Morgan fingerprint density at radius 1 is 1.38 bits per heavy atom. The molecule has 1 unspecified atom stereocenters. The summed E-state index contributed by atoms with van der Waals surface area (Å²) in [5, 5.41) is 0. The average Bonchev–Trinajstić information content (AvgIpc) is 2.32. The molecule has 1 aliphatic rings. The molecule has 88 valence electrons. The fourth-order valence-corrected chi connectivity index (χ4v) is 2.05. The van der Waals surface area contributed by atoms with E-state index in [1.54, 1.807) is 0 Å². The van der Waals surface area contributed by atoms with Crippen LogP contribution >= 0.6 is 11.6 Å². The molecule has 0 spiro atoms. The molecule has 1 aromatic carbocycles. The van der Waals surface area contributed by atoms with E-state index in [1.165, 1.54) is 12.1 Å². The van der Waals surface area contributed by atoms with Crippen molar-refractivity contribution in [3.8, 4) is 0 Å². The van der Waals surface area contributed by atoms with Gasteiger partial charge < -0.3 is 4.74 Å². The molecule has 0 saturated carbocycles. The van der Waals surface area contributed by atoms with Gasteiger partial charge in [-0.2, -0.15) is 0 Å². The number of alkyl halides is 1. The van der Waals surface area contributed by atoms with Gasteiger partial charge in [0.25, 0.3) is 0 Å². The van der Waals surface area contributed by atoms with Gasteiger partial charge in [0.15, 0.2) is 0 Å². The lowest BCUT2D eigenvalue weighted by Crippen LogP contribution is -2.42. The monoisotopic (exact) mass is 243 g/mol. The minimum absolute atomic E-state index is 0.121. The van der Waals surface area contributed by atoms with Gasteiger partial charge in [-0.15, -0.1) is 11.6 Å². The molecule has 0 aliphatic carbocycles. The van der Waals surface area contributed by atoms with Crippen LogP contribution in [-0.4, -0.2) is 36.6 Å². The molecule has 0 bridgehead atoms. The molecular weight excluding hydrogens is 229 g/mol. The van der Waals surface area contributed by atoms with Crippen LogP contribution in [-0.2, 0) is 11.3 Å². The van der Waals surface area contributed by atoms with Crippen molar-refractivity contribution >= 4 is 11.6 Å². The van der Waals surface area contributed by atoms with Crippen molar-refractivity contribution in [1.82, 2.24) is 4.90 Å². The molecule has 2 rings (SSSR count). The third-order valence-electron chi connectivity index (χ3n) is 2.71. The second-order valence-corrected chi connectivity index (χ2v) is 4.32. The molecule has 1 heterocycles. The van der Waals surface area contributed by atoms with Crippen molar-refractivity contribution in [2.75, 3.05) is 25.6 Å². The zero-order chi connectivity index (χ0) is 11.4. The minimum Gasteiger partial charge on any atom is -0.374 e. The molecule has 1 atom stereocenters. The van der Waals surface area contributed by atoms with E-state index in [0.29, 0.717) is 5.88 Å². The molecule has 0 aromatic heterocycles. The highest BCUT2D eigenvalue weighted by atomic mass is 35.5. The van der Waals surface area contributed by atoms with Crippen molar-refractivity contribution in [3.63, 3.8) is 0 Å². The number of benzene rings is 1. The summed E-state index contributed by atoms with van der Waals surface area (Å²) in [5.74, 6) is 0.337. The third kappa shape index (κ3) is 3.17. The fraction of sp³-hybridized carbons (Fsp3) is 0.500. The van der Waals surface area contributed by atoms with Gasteiger partial charge in [0.1, 0.15) is 5.82 Å². The van der Waals surface area contributed by atoms with Crippen molar-refractivity contribution < 1.29 is 9.13 Å². The number of rotatable bonds is 3. The van der Waals surface area contributed by atoms with Crippen LogP contribution in [0.3, 0.4) is 0 Å². The van der Waals surface area contributed by atoms with Gasteiger partial charge in [-0.3, -0.25) is 4.90 Å². The van der Waals surface area contributed by atoms with Crippen LogP contribution in [0, 0.1) is 5.82 Å². The molecule has 0 amide bonds. The number of hydrogen-bond acceptors (Lipinski definition) is 2. The van der Waals surface area contributed by atoms with E-state index in [4.69, 9.17) is 16.3 Å². The van der Waals surface area contributed by atoms with Gasteiger partial charge in [-0.25, -0.2) is 4.39 Å². The van der Waals surface area contributed by atoms with E-state index < -0.39 is 0 Å². The SMILES string of the molecule is Fc1ccc(CN2CCOC(CCl)C2)cc1. The van der Waals surface area contributed by atoms with Crippen LogP contribution in [0.1, 0.15) is 5.56 Å². The Bertz CT molecular complexity index is 330. The van der Waals surface area contributed by atoms with Crippen LogP contribution in [0.15, 0.2) is 24.3 Å². The smallest absolute Gasteiger partial charge is 0.123 e. The van der Waals surface area contributed by atoms with Crippen LogP contribution in [0.2, 0.25) is 0 Å². The maximum atomic E-state index is 12.7. The Morgan fingerprint density at radius 3 is 2.81 bits per heavy atom. The Kier molecular flexibility index (Phi) is 4.16. The second-order valence-electron chi connectivity index (χ2n) is 4.01. The van der Waals surface area contributed by atoms with E-state index >= 15 is 0 Å². The first-order valence-electron chi connectivity index (χ1n) is 5.42. The standard InChI is InChI=1S/C12H15ClFNO/c13-7-12-9-15(5-6-16-12)8-10-1-3-11(14)4-2-10/h1-4,12H,5-9H2. The Morgan fingerprint density at radius 2 is 2.12 bits per heavy atom. The lowest BCUT2D eigenvalue weighted by Gasteiger charge is -2.31. The third-order valence-corrected chi connectivity index (χ3v) is 3.06. The fourth-order valence-electron chi connectivity index (χ4n) is 1.87. The van der Waals surface area contributed by atoms with E-state index in [0.717, 1.165) is 31.8 Å². The Labute approximate surface area is 100.0 Å². The van der Waals surface area contributed by atoms with Gasteiger partial charge >= 0.3 is 0 Å². The number of nitrogens with zero attached hydrogens (tertiary/aromatic N) is 1. The number of hydrogen-bond donors (Lipinski definition) is 0. The zero-order valence-corrected chi connectivity index (χ0v) is 9.79. The van der Waals surface area contributed by atoms with Crippen LogP contribution in [0.5, 0.6) is 0 Å². The first kappa shape index (κ1) is 11.8. The van der Waals surface area contributed by atoms with Crippen LogP contribution in [0.25, 0.3) is 0 Å². The molecule has 1 aromatic rings. The van der Waals surface area contributed by atoms with Crippen molar-refractivity contribution in [3.05, 3.63) is 35.6 Å². The van der Waals surface area contributed by atoms with Crippen LogP contribution in [0.4, 0.5) is 4.39 Å². The van der Waals surface area contributed by atoms with Crippen LogP contribution < -0.4 is 0 Å². The number of morpholine rings is 1. The summed E-state index contributed by atoms with van der Waals surface area (Å²) < 4.78 is 18.2. The highest BCUT2D eigenvalue weighted by molar-refractivity contribution is 6.18. The van der Waals surface area contributed by atoms with E-state index in [1.807, 2.05) is 12.1 Å². The maximum absolute atomic E-state index is 12.7. The quantitative estimate of drug-likeness (QED) is 0.756. The lowest BCUT2D eigenvalue weighted by molar-refractivity contribution is -0.0194. The maximum Gasteiger partial charge on any atom is 0.123 e. The molecule has 1 fully saturated rings. The van der Waals surface area contributed by atoms with E-state index in [2.05, 4.69) is 4.90 Å².